The van der Waals surface area contributed by atoms with Crippen LogP contribution < -0.4 is 15.4 Å². The summed E-state index contributed by atoms with van der Waals surface area (Å²) in [5.74, 6) is 0.485. The van der Waals surface area contributed by atoms with E-state index in [-0.39, 0.29) is 24.0 Å². The molecule has 0 bridgehead atoms. The van der Waals surface area contributed by atoms with Gasteiger partial charge in [0.2, 0.25) is 5.91 Å². The molecule has 0 aliphatic carbocycles. The van der Waals surface area contributed by atoms with Gasteiger partial charge in [0.25, 0.3) is 5.91 Å². The molecule has 3 unspecified atom stereocenters. The van der Waals surface area contributed by atoms with Crippen molar-refractivity contribution in [1.29, 1.82) is 0 Å². The minimum atomic E-state index is -0.472. The average Bonchev–Trinajstić information content (AvgIpc) is 3.29. The van der Waals surface area contributed by atoms with Gasteiger partial charge in [-0.1, -0.05) is 43.0 Å². The van der Waals surface area contributed by atoms with E-state index in [4.69, 9.17) is 4.74 Å². The Morgan fingerprint density at radius 1 is 1.05 bits per heavy atom. The maximum absolute atomic E-state index is 13.2. The highest BCUT2D eigenvalue weighted by Gasteiger charge is 2.38. The topological polar surface area (TPSA) is 86.8 Å². The fourth-order valence-corrected chi connectivity index (χ4v) is 5.94. The summed E-state index contributed by atoms with van der Waals surface area (Å²) in [5.41, 5.74) is 4.53. The van der Waals surface area contributed by atoms with Crippen LogP contribution in [-0.4, -0.2) is 57.9 Å². The van der Waals surface area contributed by atoms with E-state index in [1.807, 2.05) is 48.7 Å². The number of carbonyl (C=O) groups is 2. The van der Waals surface area contributed by atoms with Crippen LogP contribution in [0.4, 0.5) is 0 Å². The summed E-state index contributed by atoms with van der Waals surface area (Å²) < 4.78 is 6.66. The first kappa shape index (κ1) is 26.2. The minimum absolute atomic E-state index is 0.0810. The molecular weight excluding hydrogens is 502 g/mol. The fourth-order valence-electron chi connectivity index (χ4n) is 5.94. The summed E-state index contributed by atoms with van der Waals surface area (Å²) in [4.78, 5) is 34.3. The number of benzene rings is 2. The van der Waals surface area contributed by atoms with Crippen molar-refractivity contribution in [2.45, 2.75) is 57.1 Å². The highest BCUT2D eigenvalue weighted by Crippen LogP contribution is 2.32. The number of allylic oxidation sites excluding steroid dienone is 1. The summed E-state index contributed by atoms with van der Waals surface area (Å²) in [5, 5.41) is 6.48. The van der Waals surface area contributed by atoms with E-state index in [1.165, 1.54) is 5.56 Å². The van der Waals surface area contributed by atoms with Crippen molar-refractivity contribution >= 4 is 11.8 Å². The van der Waals surface area contributed by atoms with Crippen LogP contribution in [0.5, 0.6) is 5.75 Å². The lowest BCUT2D eigenvalue weighted by atomic mass is 10.00. The lowest BCUT2D eigenvalue weighted by Gasteiger charge is -2.39. The third-order valence-electron chi connectivity index (χ3n) is 8.06. The van der Waals surface area contributed by atoms with E-state index in [9.17, 15) is 9.59 Å². The lowest BCUT2D eigenvalue weighted by molar-refractivity contribution is -0.126. The van der Waals surface area contributed by atoms with E-state index < -0.39 is 6.04 Å². The Balaban J connectivity index is 1.17. The van der Waals surface area contributed by atoms with Gasteiger partial charge >= 0.3 is 0 Å². The van der Waals surface area contributed by atoms with E-state index in [0.29, 0.717) is 37.2 Å². The van der Waals surface area contributed by atoms with Gasteiger partial charge in [-0.2, -0.15) is 0 Å². The van der Waals surface area contributed by atoms with Gasteiger partial charge in [0.15, 0.2) is 0 Å². The molecule has 0 saturated carbocycles. The Labute approximate surface area is 235 Å². The highest BCUT2D eigenvalue weighted by atomic mass is 16.5. The minimum Gasteiger partial charge on any atom is -0.487 e. The Morgan fingerprint density at radius 2 is 1.90 bits per heavy atom. The summed E-state index contributed by atoms with van der Waals surface area (Å²) >= 11 is 0. The van der Waals surface area contributed by atoms with Crippen molar-refractivity contribution in [2.24, 2.45) is 0 Å². The Morgan fingerprint density at radius 3 is 2.70 bits per heavy atom. The number of ether oxygens (including phenoxy) is 1. The van der Waals surface area contributed by atoms with Crippen LogP contribution in [0, 0.1) is 0 Å². The molecule has 3 aliphatic heterocycles. The molecule has 2 fully saturated rings. The number of carbonyl (C=O) groups excluding carboxylic acids is 2. The summed E-state index contributed by atoms with van der Waals surface area (Å²) in [6, 6.07) is 21.8. The molecule has 8 heteroatoms. The number of pyridine rings is 1. The van der Waals surface area contributed by atoms with Crippen molar-refractivity contribution in [3.8, 4) is 5.75 Å². The van der Waals surface area contributed by atoms with E-state index >= 15 is 0 Å². The number of likely N-dealkylation sites (tertiary alicyclic amines) is 1. The van der Waals surface area contributed by atoms with E-state index in [2.05, 4.69) is 51.4 Å². The smallest absolute Gasteiger partial charge is 0.255 e. The van der Waals surface area contributed by atoms with Crippen molar-refractivity contribution in [1.82, 2.24) is 25.4 Å². The third-order valence-corrected chi connectivity index (χ3v) is 8.06. The number of rotatable bonds is 8. The summed E-state index contributed by atoms with van der Waals surface area (Å²) in [6.45, 7) is 7.55. The van der Waals surface area contributed by atoms with Crippen molar-refractivity contribution in [3.05, 3.63) is 108 Å². The maximum atomic E-state index is 13.2. The number of piperidine rings is 2. The number of fused-ring (bicyclic) bond motifs is 1. The number of nitrogens with one attached hydrogen (secondary N) is 2. The molecule has 206 valence electrons. The molecular formula is C32H35N5O3. The molecule has 3 atom stereocenters. The molecule has 6 rings (SSSR count). The van der Waals surface area contributed by atoms with Crippen LogP contribution in [0.25, 0.3) is 0 Å². The highest BCUT2D eigenvalue weighted by molar-refractivity contribution is 6.01. The molecule has 3 aromatic rings. The molecule has 2 aromatic carbocycles. The van der Waals surface area contributed by atoms with Crippen LogP contribution in [-0.2, 0) is 24.4 Å². The second-order valence-electron chi connectivity index (χ2n) is 10.9. The Kier molecular flexibility index (Phi) is 7.62. The summed E-state index contributed by atoms with van der Waals surface area (Å²) in [7, 11) is 0. The zero-order valence-electron chi connectivity index (χ0n) is 22.6. The largest absolute Gasteiger partial charge is 0.487 e. The molecule has 2 amide bonds. The zero-order valence-corrected chi connectivity index (χ0v) is 22.6. The van der Waals surface area contributed by atoms with Crippen molar-refractivity contribution in [2.75, 3.05) is 13.1 Å². The van der Waals surface area contributed by atoms with Gasteiger partial charge in [0.1, 0.15) is 17.9 Å². The first-order valence-corrected chi connectivity index (χ1v) is 14.0. The van der Waals surface area contributed by atoms with E-state index in [0.717, 1.165) is 43.1 Å². The third kappa shape index (κ3) is 5.78. The van der Waals surface area contributed by atoms with Crippen molar-refractivity contribution in [3.63, 3.8) is 0 Å². The molecule has 8 nitrogen and oxygen atoms in total. The van der Waals surface area contributed by atoms with E-state index in [1.54, 1.807) is 4.90 Å². The van der Waals surface area contributed by atoms with Gasteiger partial charge < -0.3 is 20.3 Å². The molecule has 0 spiro atoms. The zero-order chi connectivity index (χ0) is 27.5. The number of amides is 2. The average molecular weight is 538 g/mol. The second-order valence-corrected chi connectivity index (χ2v) is 10.9. The Bertz CT molecular complexity index is 1380. The van der Waals surface area contributed by atoms with Crippen LogP contribution in [0.3, 0.4) is 0 Å². The standard InChI is InChI=1S/C32H35N5O3/c1-22-10-13-29(31(38)35-22)37-20-24-17-26(11-12-27(24)32(37)39)40-30-21-36(19-23-7-3-2-4-8-23)16-14-28(30)34-18-25-9-5-6-15-33-25/h2-9,11-12,15,17,28-30,34H,1,10,13-14,16,18-21H2,(H,35,38). The van der Waals surface area contributed by atoms with Gasteiger partial charge in [-0.3, -0.25) is 19.5 Å². The number of nitrogens with zero attached hydrogens (tertiary/aromatic N) is 3. The SMILES string of the molecule is C=C1CCC(N2Cc3cc(OC4CN(Cc5ccccc5)CCC4NCc4ccccn4)ccc3C2=O)C(=O)N1. The number of aromatic nitrogens is 1. The van der Waals surface area contributed by atoms with Gasteiger partial charge in [-0.25, -0.2) is 0 Å². The molecule has 3 aliphatic rings. The fraction of sp³-hybridized carbons (Fsp3) is 0.344. The van der Waals surface area contributed by atoms with Crippen LogP contribution in [0.15, 0.2) is 85.2 Å². The number of hydrogen-bond acceptors (Lipinski definition) is 6. The lowest BCUT2D eigenvalue weighted by Crippen LogP contribution is -2.54. The molecule has 1 aromatic heterocycles. The normalized spacial score (nSPS) is 23.1. The molecule has 40 heavy (non-hydrogen) atoms. The van der Waals surface area contributed by atoms with Gasteiger partial charge in [-0.15, -0.1) is 0 Å². The summed E-state index contributed by atoms with van der Waals surface area (Å²) in [6.07, 6.45) is 3.96. The van der Waals surface area contributed by atoms with Crippen LogP contribution in [0.2, 0.25) is 0 Å². The van der Waals surface area contributed by atoms with Crippen molar-refractivity contribution < 1.29 is 14.3 Å². The number of hydrogen-bond donors (Lipinski definition) is 2. The van der Waals surface area contributed by atoms with Crippen LogP contribution in [0.1, 0.15) is 46.4 Å². The first-order chi connectivity index (χ1) is 19.5. The van der Waals surface area contributed by atoms with Gasteiger partial charge in [0, 0.05) is 56.2 Å². The molecule has 2 saturated heterocycles. The van der Waals surface area contributed by atoms with Gasteiger partial charge in [-0.05, 0) is 60.7 Å². The predicted molar refractivity (Wildman–Crippen MR) is 152 cm³/mol. The monoisotopic (exact) mass is 537 g/mol. The Hall–Kier alpha value is -4.01. The van der Waals surface area contributed by atoms with Gasteiger partial charge in [0.05, 0.1) is 5.69 Å². The quantitative estimate of drug-likeness (QED) is 0.456. The maximum Gasteiger partial charge on any atom is 0.255 e. The molecule has 2 N–H and O–H groups in total. The predicted octanol–water partition coefficient (Wildman–Crippen LogP) is 3.64. The first-order valence-electron chi connectivity index (χ1n) is 14.0. The molecule has 4 heterocycles. The second kappa shape index (κ2) is 11.6. The molecule has 0 radical (unpaired) electrons. The van der Waals surface area contributed by atoms with Crippen LogP contribution >= 0.6 is 0 Å².